The number of allylic oxidation sites excluding steroid dienone is 2. The molecule has 39 heavy (non-hydrogen) atoms. The Morgan fingerprint density at radius 1 is 1.13 bits per heavy atom. The molecule has 0 bridgehead atoms. The van der Waals surface area contributed by atoms with E-state index in [0.717, 1.165) is 38.6 Å². The highest BCUT2D eigenvalue weighted by atomic mass is 32.2. The molecule has 0 spiro atoms. The fourth-order valence-corrected chi connectivity index (χ4v) is 6.45. The Kier molecular flexibility index (Phi) is 13.2. The summed E-state index contributed by atoms with van der Waals surface area (Å²) in [5.74, 6) is 9.17. The van der Waals surface area contributed by atoms with Crippen molar-refractivity contribution < 1.29 is 0 Å². The van der Waals surface area contributed by atoms with Crippen molar-refractivity contribution in [2.45, 2.75) is 85.1 Å². The van der Waals surface area contributed by atoms with Crippen LogP contribution in [0.25, 0.3) is 5.57 Å². The summed E-state index contributed by atoms with van der Waals surface area (Å²) in [5, 5.41) is 4.71. The number of thiophene rings is 1. The van der Waals surface area contributed by atoms with Gasteiger partial charge in [0.05, 0.1) is 15.4 Å². The van der Waals surface area contributed by atoms with E-state index in [0.29, 0.717) is 5.92 Å². The van der Waals surface area contributed by atoms with Crippen LogP contribution in [0.2, 0.25) is 0 Å². The molecule has 6 heteroatoms. The molecule has 0 unspecified atom stereocenters. The van der Waals surface area contributed by atoms with E-state index < -0.39 is 0 Å². The molecule has 1 saturated heterocycles. The SMILES string of the molecule is C=C.C=C(C)c1sc(C#CC(C)(C)C)cc1NC(=C)C1CCC(C)CC1.Cc1nc(SN2CCCC2)cn1C. The molecule has 4 nitrogen and oxygen atoms in total. The van der Waals surface area contributed by atoms with Crippen molar-refractivity contribution in [2.75, 3.05) is 18.4 Å². The smallest absolute Gasteiger partial charge is 0.129 e. The van der Waals surface area contributed by atoms with Crippen molar-refractivity contribution in [3.63, 3.8) is 0 Å². The maximum absolute atomic E-state index is 4.46. The summed E-state index contributed by atoms with van der Waals surface area (Å²) in [6, 6.07) is 2.16. The summed E-state index contributed by atoms with van der Waals surface area (Å²) in [5.41, 5.74) is 3.37. The Labute approximate surface area is 247 Å². The molecular weight excluding hydrogens is 517 g/mol. The molecule has 1 N–H and O–H groups in total. The van der Waals surface area contributed by atoms with Crippen LogP contribution in [0.3, 0.4) is 0 Å². The van der Waals surface area contributed by atoms with Gasteiger partial charge in [0.2, 0.25) is 0 Å². The number of aryl methyl sites for hydroxylation is 2. The number of hydrogen-bond donors (Lipinski definition) is 1. The highest BCUT2D eigenvalue weighted by Gasteiger charge is 2.22. The molecule has 0 aromatic carbocycles. The van der Waals surface area contributed by atoms with Crippen LogP contribution in [-0.4, -0.2) is 26.9 Å². The van der Waals surface area contributed by atoms with Gasteiger partial charge in [-0.1, -0.05) is 44.8 Å². The van der Waals surface area contributed by atoms with Gasteiger partial charge in [-0.2, -0.15) is 0 Å². The van der Waals surface area contributed by atoms with Crippen LogP contribution in [0, 0.1) is 36.0 Å². The zero-order valence-electron chi connectivity index (χ0n) is 25.5. The van der Waals surface area contributed by atoms with Crippen molar-refractivity contribution in [3.05, 3.63) is 59.9 Å². The molecule has 1 saturated carbocycles. The second kappa shape index (κ2) is 15.6. The molecule has 1 aliphatic carbocycles. The lowest BCUT2D eigenvalue weighted by atomic mass is 9.81. The van der Waals surface area contributed by atoms with E-state index in [9.17, 15) is 0 Å². The summed E-state index contributed by atoms with van der Waals surface area (Å²) in [7, 11) is 2.04. The lowest BCUT2D eigenvalue weighted by Gasteiger charge is -2.28. The van der Waals surface area contributed by atoms with Crippen LogP contribution in [-0.2, 0) is 7.05 Å². The predicted octanol–water partition coefficient (Wildman–Crippen LogP) is 9.56. The van der Waals surface area contributed by atoms with Crippen LogP contribution in [0.15, 0.2) is 49.3 Å². The van der Waals surface area contributed by atoms with Crippen molar-refractivity contribution in [3.8, 4) is 11.8 Å². The van der Waals surface area contributed by atoms with Gasteiger partial charge in [0, 0.05) is 37.4 Å². The lowest BCUT2D eigenvalue weighted by molar-refractivity contribution is 0.322. The van der Waals surface area contributed by atoms with Crippen molar-refractivity contribution in [1.82, 2.24) is 13.9 Å². The quantitative estimate of drug-likeness (QED) is 0.214. The number of nitrogens with one attached hydrogen (secondary N) is 1. The van der Waals surface area contributed by atoms with Crippen LogP contribution in [0.4, 0.5) is 5.69 Å². The van der Waals surface area contributed by atoms with E-state index in [4.69, 9.17) is 0 Å². The highest BCUT2D eigenvalue weighted by Crippen LogP contribution is 2.37. The van der Waals surface area contributed by atoms with Gasteiger partial charge in [0.15, 0.2) is 0 Å². The predicted molar refractivity (Wildman–Crippen MR) is 175 cm³/mol. The number of imidazole rings is 1. The van der Waals surface area contributed by atoms with Crippen molar-refractivity contribution in [1.29, 1.82) is 0 Å². The third kappa shape index (κ3) is 11.1. The topological polar surface area (TPSA) is 33.1 Å². The van der Waals surface area contributed by atoms with E-state index in [2.05, 4.69) is 104 Å². The summed E-state index contributed by atoms with van der Waals surface area (Å²) >= 11 is 3.51. The van der Waals surface area contributed by atoms with Crippen LogP contribution < -0.4 is 5.32 Å². The first kappa shape index (κ1) is 33.0. The number of hydrogen-bond acceptors (Lipinski definition) is 5. The fraction of sp³-hybridized carbons (Fsp3) is 0.545. The Morgan fingerprint density at radius 2 is 1.74 bits per heavy atom. The molecule has 214 valence electrons. The third-order valence-electron chi connectivity index (χ3n) is 6.86. The average molecular weight is 567 g/mol. The molecule has 2 aliphatic rings. The van der Waals surface area contributed by atoms with Gasteiger partial charge in [-0.15, -0.1) is 24.5 Å². The minimum atomic E-state index is 0.0172. The van der Waals surface area contributed by atoms with E-state index in [-0.39, 0.29) is 5.41 Å². The molecule has 1 aliphatic heterocycles. The summed E-state index contributed by atoms with van der Waals surface area (Å²) in [4.78, 5) is 6.74. The highest BCUT2D eigenvalue weighted by molar-refractivity contribution is 7.97. The minimum Gasteiger partial charge on any atom is -0.358 e. The monoisotopic (exact) mass is 566 g/mol. The first-order chi connectivity index (χ1) is 18.4. The summed E-state index contributed by atoms with van der Waals surface area (Å²) in [6.45, 7) is 29.7. The first-order valence-electron chi connectivity index (χ1n) is 14.1. The second-order valence-electron chi connectivity index (χ2n) is 11.7. The Morgan fingerprint density at radius 3 is 2.26 bits per heavy atom. The minimum absolute atomic E-state index is 0.0172. The van der Waals surface area contributed by atoms with Gasteiger partial charge in [-0.3, -0.25) is 0 Å². The summed E-state index contributed by atoms with van der Waals surface area (Å²) < 4.78 is 4.46. The van der Waals surface area contributed by atoms with Crippen LogP contribution >= 0.6 is 23.3 Å². The van der Waals surface area contributed by atoms with E-state index in [1.807, 2.05) is 14.0 Å². The zero-order chi connectivity index (χ0) is 29.2. The Hall–Kier alpha value is -2.20. The maximum atomic E-state index is 4.46. The van der Waals surface area contributed by atoms with Gasteiger partial charge >= 0.3 is 0 Å². The molecular formula is C33H50N4S2. The van der Waals surface area contributed by atoms with E-state index >= 15 is 0 Å². The Balaban J connectivity index is 0.000000298. The largest absolute Gasteiger partial charge is 0.358 e. The second-order valence-corrected chi connectivity index (χ2v) is 13.9. The maximum Gasteiger partial charge on any atom is 0.129 e. The van der Waals surface area contributed by atoms with Gasteiger partial charge in [0.1, 0.15) is 10.9 Å². The number of nitrogens with zero attached hydrogens (tertiary/aromatic N) is 3. The van der Waals surface area contributed by atoms with E-state index in [1.54, 1.807) is 23.3 Å². The molecule has 0 atom stereocenters. The molecule has 2 aromatic rings. The molecule has 2 fully saturated rings. The summed E-state index contributed by atoms with van der Waals surface area (Å²) in [6.07, 6.45) is 9.87. The number of aromatic nitrogens is 2. The number of anilines is 1. The first-order valence-corrected chi connectivity index (χ1v) is 15.7. The molecule has 3 heterocycles. The van der Waals surface area contributed by atoms with Gasteiger partial charge in [-0.05, 0) is 95.7 Å². The normalized spacial score (nSPS) is 19.1. The van der Waals surface area contributed by atoms with Crippen molar-refractivity contribution >= 4 is 34.5 Å². The van der Waals surface area contributed by atoms with E-state index in [1.165, 1.54) is 56.5 Å². The lowest BCUT2D eigenvalue weighted by Crippen LogP contribution is -2.17. The average Bonchev–Trinajstić information content (AvgIpc) is 3.61. The van der Waals surface area contributed by atoms with Gasteiger partial charge < -0.3 is 9.88 Å². The third-order valence-corrected chi connectivity index (χ3v) is 9.08. The molecule has 4 rings (SSSR count). The standard InChI is InChI=1S/C22H31NS.C9H15N3S.C2H4/c1-15(2)21-20(14-19(24-21)12-13-22(5,6)7)23-17(4)18-10-8-16(3)9-11-18;1-8-10-9(7-11(8)2)13-12-5-3-4-6-12;1-2/h14,16,18,23H,1,4,8-11H2,2-3,5-7H3;7H,3-6H2,1-2H3;1-2H2. The fourth-order valence-electron chi connectivity index (χ4n) is 4.48. The molecule has 0 radical (unpaired) electrons. The van der Waals surface area contributed by atoms with Crippen LogP contribution in [0.5, 0.6) is 0 Å². The van der Waals surface area contributed by atoms with Gasteiger partial charge in [-0.25, -0.2) is 9.29 Å². The molecule has 2 aromatic heterocycles. The van der Waals surface area contributed by atoms with Crippen molar-refractivity contribution in [2.24, 2.45) is 24.3 Å². The van der Waals surface area contributed by atoms with Gasteiger partial charge in [0.25, 0.3) is 0 Å². The zero-order valence-corrected chi connectivity index (χ0v) is 27.1. The molecule has 0 amide bonds. The number of rotatable bonds is 6. The Bertz CT molecular complexity index is 1120. The van der Waals surface area contributed by atoms with Crippen LogP contribution in [0.1, 0.15) is 88.7 Å².